The van der Waals surface area contributed by atoms with E-state index < -0.39 is 15.6 Å². The Hall–Kier alpha value is -1.49. The fraction of sp³-hybridized carbons (Fsp3) is 0.429. The van der Waals surface area contributed by atoms with Crippen molar-refractivity contribution in [2.45, 2.75) is 32.8 Å². The monoisotopic (exact) mass is 283 g/mol. The van der Waals surface area contributed by atoms with Gasteiger partial charge in [0.1, 0.15) is 11.4 Å². The molecule has 0 aliphatic carbocycles. The summed E-state index contributed by atoms with van der Waals surface area (Å²) in [5, 5.41) is 0. The smallest absolute Gasteiger partial charge is 0.232 e. The van der Waals surface area contributed by atoms with Gasteiger partial charge in [-0.1, -0.05) is 13.5 Å². The van der Waals surface area contributed by atoms with E-state index in [1.165, 1.54) is 0 Å². The van der Waals surface area contributed by atoms with E-state index in [9.17, 15) is 8.42 Å². The van der Waals surface area contributed by atoms with Gasteiger partial charge in [-0.25, -0.2) is 8.42 Å². The van der Waals surface area contributed by atoms with Gasteiger partial charge in [0, 0.05) is 5.69 Å². The first-order chi connectivity index (χ1) is 8.78. The average molecular weight is 283 g/mol. The lowest BCUT2D eigenvalue weighted by Gasteiger charge is -2.22. The van der Waals surface area contributed by atoms with Crippen molar-refractivity contribution >= 4 is 15.7 Å². The van der Waals surface area contributed by atoms with Gasteiger partial charge in [-0.15, -0.1) is 0 Å². The second-order valence-electron chi connectivity index (χ2n) is 4.85. The number of nitrogens with one attached hydrogen (secondary N) is 1. The molecule has 0 saturated heterocycles. The summed E-state index contributed by atoms with van der Waals surface area (Å²) in [5.41, 5.74) is 0.0840. The first-order valence-electron chi connectivity index (χ1n) is 6.21. The first-order valence-corrected chi connectivity index (χ1v) is 7.86. The molecule has 19 heavy (non-hydrogen) atoms. The van der Waals surface area contributed by atoms with Crippen LogP contribution in [0.2, 0.25) is 0 Å². The summed E-state index contributed by atoms with van der Waals surface area (Å²) in [5.74, 6) is 0.790. The van der Waals surface area contributed by atoms with Crippen molar-refractivity contribution in [3.05, 3.63) is 36.9 Å². The molecule has 0 aliphatic rings. The fourth-order valence-corrected chi connectivity index (χ4v) is 2.57. The number of ether oxygens (including phenoxy) is 1. The quantitative estimate of drug-likeness (QED) is 0.782. The van der Waals surface area contributed by atoms with E-state index in [-0.39, 0.29) is 5.75 Å². The van der Waals surface area contributed by atoms with Crippen LogP contribution in [0.15, 0.2) is 36.9 Å². The molecule has 0 fully saturated rings. The van der Waals surface area contributed by atoms with E-state index in [1.807, 2.05) is 20.8 Å². The molecule has 1 aromatic carbocycles. The Balaban J connectivity index is 2.75. The third-order valence-corrected chi connectivity index (χ3v) is 3.97. The molecule has 106 valence electrons. The Morgan fingerprint density at radius 2 is 1.89 bits per heavy atom. The number of benzene rings is 1. The minimum absolute atomic E-state index is 0.120. The normalized spacial score (nSPS) is 11.9. The van der Waals surface area contributed by atoms with Crippen LogP contribution in [-0.4, -0.2) is 19.8 Å². The van der Waals surface area contributed by atoms with E-state index in [0.29, 0.717) is 17.9 Å². The van der Waals surface area contributed by atoms with Crippen molar-refractivity contribution in [1.29, 1.82) is 0 Å². The molecular weight excluding hydrogens is 262 g/mol. The van der Waals surface area contributed by atoms with Crippen molar-refractivity contribution < 1.29 is 13.2 Å². The second-order valence-corrected chi connectivity index (χ2v) is 6.70. The van der Waals surface area contributed by atoms with Crippen molar-refractivity contribution in [1.82, 2.24) is 0 Å². The van der Waals surface area contributed by atoms with Crippen LogP contribution in [0.1, 0.15) is 27.2 Å². The third kappa shape index (κ3) is 5.34. The van der Waals surface area contributed by atoms with E-state index in [1.54, 1.807) is 30.3 Å². The van der Waals surface area contributed by atoms with Crippen LogP contribution in [-0.2, 0) is 10.0 Å². The van der Waals surface area contributed by atoms with Crippen molar-refractivity contribution in [3.63, 3.8) is 0 Å². The van der Waals surface area contributed by atoms with Crippen molar-refractivity contribution in [3.8, 4) is 5.75 Å². The van der Waals surface area contributed by atoms with E-state index in [0.717, 1.165) is 0 Å². The summed E-state index contributed by atoms with van der Waals surface area (Å²) < 4.78 is 31.4. The highest BCUT2D eigenvalue weighted by Crippen LogP contribution is 2.21. The summed E-state index contributed by atoms with van der Waals surface area (Å²) in [7, 11) is -3.24. The minimum atomic E-state index is -3.24. The average Bonchev–Trinajstić information content (AvgIpc) is 2.31. The molecule has 0 bridgehead atoms. The summed E-state index contributed by atoms with van der Waals surface area (Å²) in [4.78, 5) is 0. The number of rotatable bonds is 7. The zero-order valence-electron chi connectivity index (χ0n) is 11.6. The second kappa shape index (κ2) is 6.10. The predicted molar refractivity (Wildman–Crippen MR) is 79.0 cm³/mol. The van der Waals surface area contributed by atoms with Crippen LogP contribution in [0.3, 0.4) is 0 Å². The van der Waals surface area contributed by atoms with E-state index in [4.69, 9.17) is 4.74 Å². The molecule has 0 saturated carbocycles. The number of hydrogen-bond donors (Lipinski definition) is 1. The van der Waals surface area contributed by atoms with Crippen LogP contribution in [0.25, 0.3) is 0 Å². The molecule has 0 heterocycles. The van der Waals surface area contributed by atoms with Crippen LogP contribution in [0, 0.1) is 0 Å². The lowest BCUT2D eigenvalue weighted by Crippen LogP contribution is -2.24. The van der Waals surface area contributed by atoms with Gasteiger partial charge in [-0.2, -0.15) is 0 Å². The zero-order valence-corrected chi connectivity index (χ0v) is 12.5. The maximum atomic E-state index is 11.6. The van der Waals surface area contributed by atoms with Crippen LogP contribution < -0.4 is 9.46 Å². The molecule has 1 rings (SSSR count). The first kappa shape index (κ1) is 15.6. The van der Waals surface area contributed by atoms with Gasteiger partial charge in [0.05, 0.1) is 5.75 Å². The number of hydrogen-bond acceptors (Lipinski definition) is 3. The van der Waals surface area contributed by atoms with E-state index >= 15 is 0 Å². The molecule has 1 aromatic rings. The third-order valence-electron chi connectivity index (χ3n) is 2.47. The van der Waals surface area contributed by atoms with Gasteiger partial charge in [0.15, 0.2) is 0 Å². The lowest BCUT2D eigenvalue weighted by atomic mass is 10.1. The molecular formula is C14H21NO3S. The van der Waals surface area contributed by atoms with Crippen LogP contribution in [0.5, 0.6) is 5.75 Å². The minimum Gasteiger partial charge on any atom is -0.484 e. The summed E-state index contributed by atoms with van der Waals surface area (Å²) in [6.45, 7) is 9.33. The highest BCUT2D eigenvalue weighted by atomic mass is 32.2. The molecule has 0 amide bonds. The van der Waals surface area contributed by atoms with Gasteiger partial charge in [0.2, 0.25) is 10.0 Å². The van der Waals surface area contributed by atoms with Gasteiger partial charge >= 0.3 is 0 Å². The van der Waals surface area contributed by atoms with Gasteiger partial charge < -0.3 is 4.74 Å². The highest BCUT2D eigenvalue weighted by molar-refractivity contribution is 7.92. The van der Waals surface area contributed by atoms with Gasteiger partial charge in [-0.05, 0) is 50.6 Å². The Morgan fingerprint density at radius 1 is 1.32 bits per heavy atom. The standard InChI is InChI=1S/C14H21NO3S/c1-5-11-19(16,17)15-12-7-9-13(10-8-12)18-14(3,4)6-2/h6-10,15H,2,5,11H2,1,3-4H3. The lowest BCUT2D eigenvalue weighted by molar-refractivity contribution is 0.162. The molecule has 5 heteroatoms. The van der Waals surface area contributed by atoms with Gasteiger partial charge in [0.25, 0.3) is 0 Å². The van der Waals surface area contributed by atoms with Crippen LogP contribution >= 0.6 is 0 Å². The topological polar surface area (TPSA) is 55.4 Å². The molecule has 4 nitrogen and oxygen atoms in total. The molecule has 1 N–H and O–H groups in total. The molecule has 0 atom stereocenters. The predicted octanol–water partition coefficient (Wildman–Crippen LogP) is 3.18. The maximum absolute atomic E-state index is 11.6. The Bertz CT molecular complexity index is 518. The Morgan fingerprint density at radius 3 is 2.37 bits per heavy atom. The summed E-state index contributed by atoms with van der Waals surface area (Å²) in [6.07, 6.45) is 2.30. The maximum Gasteiger partial charge on any atom is 0.232 e. The highest BCUT2D eigenvalue weighted by Gasteiger charge is 2.14. The SMILES string of the molecule is C=CC(C)(C)Oc1ccc(NS(=O)(=O)CCC)cc1. The fourth-order valence-electron chi connectivity index (χ4n) is 1.44. The number of sulfonamides is 1. The molecule has 0 unspecified atom stereocenters. The molecule has 0 spiro atoms. The largest absolute Gasteiger partial charge is 0.484 e. The summed E-state index contributed by atoms with van der Waals surface area (Å²) in [6, 6.07) is 6.83. The zero-order chi connectivity index (χ0) is 14.5. The molecule has 0 radical (unpaired) electrons. The number of anilines is 1. The van der Waals surface area contributed by atoms with Crippen molar-refractivity contribution in [2.75, 3.05) is 10.5 Å². The van der Waals surface area contributed by atoms with E-state index in [2.05, 4.69) is 11.3 Å². The van der Waals surface area contributed by atoms with Crippen LogP contribution in [0.4, 0.5) is 5.69 Å². The Labute approximate surface area is 115 Å². The summed E-state index contributed by atoms with van der Waals surface area (Å²) >= 11 is 0. The van der Waals surface area contributed by atoms with Crippen molar-refractivity contribution in [2.24, 2.45) is 0 Å². The Kier molecular flexibility index (Phi) is 5.00. The molecule has 0 aromatic heterocycles. The van der Waals surface area contributed by atoms with Gasteiger partial charge in [-0.3, -0.25) is 4.72 Å². The molecule has 0 aliphatic heterocycles.